The Morgan fingerprint density at radius 3 is 2.71 bits per heavy atom. The topological polar surface area (TPSA) is 47.6 Å². The Kier molecular flexibility index (Phi) is 4.73. The molecule has 0 aliphatic heterocycles. The molecule has 0 aromatic rings. The molecule has 0 unspecified atom stereocenters. The zero-order chi connectivity index (χ0) is 10.4. The van der Waals surface area contributed by atoms with Crippen LogP contribution in [0.25, 0.3) is 0 Å². The average Bonchev–Trinajstić information content (AvgIpc) is 2.56. The minimum atomic E-state index is -0.318. The Bertz CT molecular complexity index is 178. The van der Waals surface area contributed by atoms with Crippen LogP contribution in [0.5, 0.6) is 0 Å². The number of amides is 1. The fourth-order valence-electron chi connectivity index (χ4n) is 1.72. The van der Waals surface area contributed by atoms with Crippen LogP contribution in [0.2, 0.25) is 0 Å². The SMILES string of the molecule is COC[C@H](C)OC(=O)NC1CCCC1. The highest BCUT2D eigenvalue weighted by atomic mass is 16.6. The summed E-state index contributed by atoms with van der Waals surface area (Å²) in [5.74, 6) is 0. The van der Waals surface area contributed by atoms with Gasteiger partial charge in [-0.1, -0.05) is 12.8 Å². The lowest BCUT2D eigenvalue weighted by molar-refractivity contribution is 0.0476. The average molecular weight is 201 g/mol. The standard InChI is InChI=1S/C10H19NO3/c1-8(7-13-2)14-10(12)11-9-5-3-4-6-9/h8-9H,3-7H2,1-2H3,(H,11,12)/t8-/m0/s1. The zero-order valence-electron chi connectivity index (χ0n) is 8.91. The summed E-state index contributed by atoms with van der Waals surface area (Å²) < 4.78 is 9.95. The first-order chi connectivity index (χ1) is 6.72. The van der Waals surface area contributed by atoms with Crippen LogP contribution in [0.1, 0.15) is 32.6 Å². The van der Waals surface area contributed by atoms with Crippen molar-refractivity contribution >= 4 is 6.09 Å². The van der Waals surface area contributed by atoms with Crippen LogP contribution in [0.15, 0.2) is 0 Å². The second-order valence-electron chi connectivity index (χ2n) is 3.80. The molecule has 1 aliphatic rings. The largest absolute Gasteiger partial charge is 0.444 e. The molecule has 1 N–H and O–H groups in total. The Morgan fingerprint density at radius 2 is 2.14 bits per heavy atom. The van der Waals surface area contributed by atoms with Crippen molar-refractivity contribution in [3.05, 3.63) is 0 Å². The van der Waals surface area contributed by atoms with Crippen molar-refractivity contribution in [2.75, 3.05) is 13.7 Å². The van der Waals surface area contributed by atoms with E-state index < -0.39 is 0 Å². The molecule has 1 amide bonds. The van der Waals surface area contributed by atoms with E-state index in [9.17, 15) is 4.79 Å². The molecule has 14 heavy (non-hydrogen) atoms. The second-order valence-corrected chi connectivity index (χ2v) is 3.80. The van der Waals surface area contributed by atoms with Crippen LogP contribution in [-0.4, -0.2) is 32.0 Å². The van der Waals surface area contributed by atoms with E-state index in [0.717, 1.165) is 12.8 Å². The van der Waals surface area contributed by atoms with E-state index in [-0.39, 0.29) is 12.2 Å². The highest BCUT2D eigenvalue weighted by molar-refractivity contribution is 5.67. The third-order valence-electron chi connectivity index (χ3n) is 2.39. The molecule has 0 spiro atoms. The van der Waals surface area contributed by atoms with Gasteiger partial charge in [0.2, 0.25) is 0 Å². The number of ether oxygens (including phenoxy) is 2. The normalized spacial score (nSPS) is 19.3. The molecule has 0 radical (unpaired) electrons. The van der Waals surface area contributed by atoms with Gasteiger partial charge in [-0.2, -0.15) is 0 Å². The Morgan fingerprint density at radius 1 is 1.50 bits per heavy atom. The molecule has 4 nitrogen and oxygen atoms in total. The monoisotopic (exact) mass is 201 g/mol. The maximum atomic E-state index is 11.3. The Balaban J connectivity index is 2.14. The lowest BCUT2D eigenvalue weighted by atomic mass is 10.3. The van der Waals surface area contributed by atoms with Gasteiger partial charge in [0.05, 0.1) is 6.61 Å². The highest BCUT2D eigenvalue weighted by Crippen LogP contribution is 2.17. The number of nitrogens with one attached hydrogen (secondary N) is 1. The predicted molar refractivity (Wildman–Crippen MR) is 53.2 cm³/mol. The summed E-state index contributed by atoms with van der Waals surface area (Å²) >= 11 is 0. The Hall–Kier alpha value is -0.770. The number of hydrogen-bond acceptors (Lipinski definition) is 3. The summed E-state index contributed by atoms with van der Waals surface area (Å²) in [5.41, 5.74) is 0. The highest BCUT2D eigenvalue weighted by Gasteiger charge is 2.18. The minimum Gasteiger partial charge on any atom is -0.444 e. The minimum absolute atomic E-state index is 0.179. The number of alkyl carbamates (subject to hydrolysis) is 1. The van der Waals surface area contributed by atoms with Crippen molar-refractivity contribution in [1.29, 1.82) is 0 Å². The lowest BCUT2D eigenvalue weighted by Gasteiger charge is -2.15. The summed E-state index contributed by atoms with van der Waals surface area (Å²) in [6.07, 6.45) is 4.07. The van der Waals surface area contributed by atoms with Gasteiger partial charge in [0, 0.05) is 13.2 Å². The van der Waals surface area contributed by atoms with Gasteiger partial charge in [-0.05, 0) is 19.8 Å². The van der Waals surface area contributed by atoms with E-state index in [1.807, 2.05) is 6.92 Å². The molecule has 1 fully saturated rings. The molecule has 1 aliphatic carbocycles. The number of carbonyl (C=O) groups is 1. The molecule has 0 saturated heterocycles. The molecular formula is C10H19NO3. The van der Waals surface area contributed by atoms with Crippen LogP contribution in [0.3, 0.4) is 0 Å². The first-order valence-corrected chi connectivity index (χ1v) is 5.18. The van der Waals surface area contributed by atoms with Crippen molar-refractivity contribution in [1.82, 2.24) is 5.32 Å². The van der Waals surface area contributed by atoms with E-state index >= 15 is 0 Å². The molecule has 1 atom stereocenters. The van der Waals surface area contributed by atoms with Gasteiger partial charge in [0.15, 0.2) is 0 Å². The maximum absolute atomic E-state index is 11.3. The summed E-state index contributed by atoms with van der Waals surface area (Å²) in [4.78, 5) is 11.3. The first kappa shape index (κ1) is 11.3. The van der Waals surface area contributed by atoms with E-state index in [4.69, 9.17) is 9.47 Å². The van der Waals surface area contributed by atoms with Gasteiger partial charge in [-0.3, -0.25) is 0 Å². The summed E-state index contributed by atoms with van der Waals surface area (Å²) in [6.45, 7) is 2.26. The van der Waals surface area contributed by atoms with Gasteiger partial charge in [-0.15, -0.1) is 0 Å². The van der Waals surface area contributed by atoms with Crippen LogP contribution >= 0.6 is 0 Å². The van der Waals surface area contributed by atoms with E-state index in [1.165, 1.54) is 12.8 Å². The van der Waals surface area contributed by atoms with Crippen LogP contribution in [0, 0.1) is 0 Å². The fraction of sp³-hybridized carbons (Fsp3) is 0.900. The third-order valence-corrected chi connectivity index (χ3v) is 2.39. The Labute approximate surface area is 85.0 Å². The molecule has 0 aromatic heterocycles. The number of carbonyl (C=O) groups excluding carboxylic acids is 1. The molecule has 0 heterocycles. The van der Waals surface area contributed by atoms with Crippen LogP contribution < -0.4 is 5.32 Å². The number of methoxy groups -OCH3 is 1. The number of hydrogen-bond donors (Lipinski definition) is 1. The third kappa shape index (κ3) is 3.96. The van der Waals surface area contributed by atoms with Gasteiger partial charge in [0.25, 0.3) is 0 Å². The van der Waals surface area contributed by atoms with Crippen molar-refractivity contribution in [3.63, 3.8) is 0 Å². The smallest absolute Gasteiger partial charge is 0.407 e. The van der Waals surface area contributed by atoms with Crippen molar-refractivity contribution in [3.8, 4) is 0 Å². The van der Waals surface area contributed by atoms with Crippen LogP contribution in [-0.2, 0) is 9.47 Å². The first-order valence-electron chi connectivity index (χ1n) is 5.18. The fourth-order valence-corrected chi connectivity index (χ4v) is 1.72. The maximum Gasteiger partial charge on any atom is 0.407 e. The van der Waals surface area contributed by atoms with E-state index in [2.05, 4.69) is 5.32 Å². The summed E-state index contributed by atoms with van der Waals surface area (Å²) in [7, 11) is 1.59. The predicted octanol–water partition coefficient (Wildman–Crippen LogP) is 1.69. The molecule has 82 valence electrons. The molecule has 1 saturated carbocycles. The van der Waals surface area contributed by atoms with Crippen molar-refractivity contribution in [2.45, 2.75) is 44.8 Å². The second kappa shape index (κ2) is 5.86. The summed E-state index contributed by atoms with van der Waals surface area (Å²) in [5, 5.41) is 2.85. The number of rotatable bonds is 4. The quantitative estimate of drug-likeness (QED) is 0.753. The molecule has 0 aromatic carbocycles. The molecule has 1 rings (SSSR count). The van der Waals surface area contributed by atoms with Gasteiger partial charge in [-0.25, -0.2) is 4.79 Å². The van der Waals surface area contributed by atoms with E-state index in [1.54, 1.807) is 7.11 Å². The molecule has 0 bridgehead atoms. The lowest BCUT2D eigenvalue weighted by Crippen LogP contribution is -2.35. The summed E-state index contributed by atoms with van der Waals surface area (Å²) in [6, 6.07) is 0.317. The van der Waals surface area contributed by atoms with Crippen LogP contribution in [0.4, 0.5) is 4.79 Å². The van der Waals surface area contributed by atoms with E-state index in [0.29, 0.717) is 12.6 Å². The zero-order valence-corrected chi connectivity index (χ0v) is 8.91. The van der Waals surface area contributed by atoms with Gasteiger partial charge >= 0.3 is 6.09 Å². The van der Waals surface area contributed by atoms with Gasteiger partial charge < -0.3 is 14.8 Å². The molecular weight excluding hydrogens is 182 g/mol. The molecule has 4 heteroatoms. The van der Waals surface area contributed by atoms with Crippen molar-refractivity contribution < 1.29 is 14.3 Å². The van der Waals surface area contributed by atoms with Gasteiger partial charge in [0.1, 0.15) is 6.10 Å². The van der Waals surface area contributed by atoms with Crippen molar-refractivity contribution in [2.24, 2.45) is 0 Å².